The van der Waals surface area contributed by atoms with E-state index in [0.717, 1.165) is 17.6 Å². The summed E-state index contributed by atoms with van der Waals surface area (Å²) in [6.45, 7) is 1.74. The molecule has 0 saturated carbocycles. The molecule has 0 fully saturated rings. The van der Waals surface area contributed by atoms with Crippen molar-refractivity contribution < 1.29 is 13.2 Å². The van der Waals surface area contributed by atoms with Crippen LogP contribution in [-0.2, 0) is 9.84 Å². The Morgan fingerprint density at radius 2 is 1.74 bits per heavy atom. The molecule has 19 heavy (non-hydrogen) atoms. The zero-order chi connectivity index (χ0) is 14.0. The Balaban J connectivity index is 2.52. The molecule has 0 aliphatic carbocycles. The minimum absolute atomic E-state index is 0.154. The quantitative estimate of drug-likeness (QED) is 0.802. The molecule has 0 atom stereocenters. The van der Waals surface area contributed by atoms with Gasteiger partial charge >= 0.3 is 0 Å². The van der Waals surface area contributed by atoms with E-state index in [9.17, 15) is 8.42 Å². The maximum Gasteiger partial charge on any atom is 0.247 e. The van der Waals surface area contributed by atoms with Crippen LogP contribution in [0.2, 0.25) is 0 Å². The van der Waals surface area contributed by atoms with Crippen LogP contribution < -0.4 is 4.74 Å². The van der Waals surface area contributed by atoms with Gasteiger partial charge in [0.25, 0.3) is 0 Å². The average Bonchev–Trinajstić information content (AvgIpc) is 2.37. The molecule has 0 radical (unpaired) electrons. The molecular weight excluding hydrogens is 264 g/mol. The number of rotatable bonds is 3. The molecule has 2 aromatic rings. The Morgan fingerprint density at radius 1 is 1.11 bits per heavy atom. The Kier molecular flexibility index (Phi) is 3.53. The van der Waals surface area contributed by atoms with Crippen molar-refractivity contribution in [2.24, 2.45) is 0 Å². The predicted molar refractivity (Wildman–Crippen MR) is 71.9 cm³/mol. The first-order chi connectivity index (χ1) is 8.90. The topological polar surface area (TPSA) is 69.2 Å². The van der Waals surface area contributed by atoms with Crippen LogP contribution in [0.3, 0.4) is 0 Å². The Hall–Kier alpha value is -1.95. The first-order valence-electron chi connectivity index (χ1n) is 5.60. The van der Waals surface area contributed by atoms with Crippen molar-refractivity contribution in [2.45, 2.75) is 12.1 Å². The van der Waals surface area contributed by atoms with E-state index < -0.39 is 9.84 Å². The van der Waals surface area contributed by atoms with Gasteiger partial charge in [-0.2, -0.15) is 0 Å². The first kappa shape index (κ1) is 13.5. The second-order valence-electron chi connectivity index (χ2n) is 4.18. The van der Waals surface area contributed by atoms with Crippen LogP contribution in [0, 0.1) is 6.92 Å². The highest BCUT2D eigenvalue weighted by molar-refractivity contribution is 7.90. The minimum Gasteiger partial charge on any atom is -0.497 e. The predicted octanol–water partition coefficient (Wildman–Crippen LogP) is 1.86. The highest BCUT2D eigenvalue weighted by atomic mass is 32.2. The van der Waals surface area contributed by atoms with Crippen LogP contribution in [-0.4, -0.2) is 31.8 Å². The van der Waals surface area contributed by atoms with Gasteiger partial charge in [0.2, 0.25) is 15.0 Å². The molecule has 100 valence electrons. The Labute approximate surface area is 112 Å². The van der Waals surface area contributed by atoms with Gasteiger partial charge < -0.3 is 4.74 Å². The fourth-order valence-electron chi connectivity index (χ4n) is 1.62. The summed E-state index contributed by atoms with van der Waals surface area (Å²) in [5, 5.41) is -0.154. The average molecular weight is 278 g/mol. The van der Waals surface area contributed by atoms with Crippen LogP contribution >= 0.6 is 0 Å². The first-order valence-corrected chi connectivity index (χ1v) is 7.49. The number of benzene rings is 1. The van der Waals surface area contributed by atoms with E-state index in [1.807, 2.05) is 12.1 Å². The van der Waals surface area contributed by atoms with Gasteiger partial charge in [-0.3, -0.25) is 0 Å². The summed E-state index contributed by atoms with van der Waals surface area (Å²) < 4.78 is 28.1. The van der Waals surface area contributed by atoms with E-state index in [0.29, 0.717) is 11.4 Å². The van der Waals surface area contributed by atoms with E-state index in [2.05, 4.69) is 9.97 Å². The molecule has 1 aromatic carbocycles. The lowest BCUT2D eigenvalue weighted by Crippen LogP contribution is -2.06. The molecule has 0 unspecified atom stereocenters. The lowest BCUT2D eigenvalue weighted by atomic mass is 10.1. The van der Waals surface area contributed by atoms with E-state index in [4.69, 9.17) is 4.74 Å². The summed E-state index contributed by atoms with van der Waals surface area (Å²) in [5.41, 5.74) is 2.01. The molecular formula is C13H14N2O3S. The van der Waals surface area contributed by atoms with Crippen molar-refractivity contribution in [1.82, 2.24) is 9.97 Å². The summed E-state index contributed by atoms with van der Waals surface area (Å²) >= 11 is 0. The van der Waals surface area contributed by atoms with E-state index in [1.54, 1.807) is 32.2 Å². The third-order valence-electron chi connectivity index (χ3n) is 2.55. The Morgan fingerprint density at radius 3 is 2.26 bits per heavy atom. The molecule has 0 saturated heterocycles. The second kappa shape index (κ2) is 4.97. The number of hydrogen-bond acceptors (Lipinski definition) is 5. The largest absolute Gasteiger partial charge is 0.497 e. The van der Waals surface area contributed by atoms with Crippen LogP contribution in [0.1, 0.15) is 5.69 Å². The van der Waals surface area contributed by atoms with Gasteiger partial charge in [-0.25, -0.2) is 18.4 Å². The molecule has 1 aromatic heterocycles. The maximum atomic E-state index is 11.5. The maximum absolute atomic E-state index is 11.5. The monoisotopic (exact) mass is 278 g/mol. The molecule has 2 rings (SSSR count). The SMILES string of the molecule is COc1ccc(-c2cc(C)nc(S(C)(=O)=O)n2)cc1. The number of ether oxygens (including phenoxy) is 1. The number of aromatic nitrogens is 2. The van der Waals surface area contributed by atoms with Crippen LogP contribution in [0.5, 0.6) is 5.75 Å². The van der Waals surface area contributed by atoms with Crippen molar-refractivity contribution >= 4 is 9.84 Å². The molecule has 0 aliphatic heterocycles. The molecule has 1 heterocycles. The number of hydrogen-bond donors (Lipinski definition) is 0. The number of sulfone groups is 1. The minimum atomic E-state index is -3.42. The highest BCUT2D eigenvalue weighted by Gasteiger charge is 2.13. The lowest BCUT2D eigenvalue weighted by molar-refractivity contribution is 0.415. The van der Waals surface area contributed by atoms with Gasteiger partial charge in [0.05, 0.1) is 12.8 Å². The van der Waals surface area contributed by atoms with Gasteiger partial charge in [0.1, 0.15) is 5.75 Å². The third kappa shape index (κ3) is 3.08. The molecule has 0 amide bonds. The summed E-state index contributed by atoms with van der Waals surface area (Å²) in [4.78, 5) is 8.03. The second-order valence-corrected chi connectivity index (χ2v) is 6.09. The zero-order valence-electron chi connectivity index (χ0n) is 10.9. The lowest BCUT2D eigenvalue weighted by Gasteiger charge is -2.06. The van der Waals surface area contributed by atoms with Gasteiger partial charge in [-0.05, 0) is 37.3 Å². The number of methoxy groups -OCH3 is 1. The zero-order valence-corrected chi connectivity index (χ0v) is 11.7. The van der Waals surface area contributed by atoms with E-state index in [-0.39, 0.29) is 5.16 Å². The van der Waals surface area contributed by atoms with Gasteiger partial charge in [-0.1, -0.05) is 0 Å². The number of nitrogens with zero attached hydrogens (tertiary/aromatic N) is 2. The van der Waals surface area contributed by atoms with Gasteiger partial charge in [0.15, 0.2) is 0 Å². The van der Waals surface area contributed by atoms with Crippen molar-refractivity contribution in [1.29, 1.82) is 0 Å². The van der Waals surface area contributed by atoms with Gasteiger partial charge in [-0.15, -0.1) is 0 Å². The fraction of sp³-hybridized carbons (Fsp3) is 0.231. The summed E-state index contributed by atoms with van der Waals surface area (Å²) in [5.74, 6) is 0.734. The van der Waals surface area contributed by atoms with E-state index >= 15 is 0 Å². The highest BCUT2D eigenvalue weighted by Crippen LogP contribution is 2.22. The molecule has 0 bridgehead atoms. The van der Waals surface area contributed by atoms with Crippen molar-refractivity contribution in [2.75, 3.05) is 13.4 Å². The van der Waals surface area contributed by atoms with Crippen molar-refractivity contribution in [3.63, 3.8) is 0 Å². The normalized spacial score (nSPS) is 11.3. The smallest absolute Gasteiger partial charge is 0.247 e. The molecule has 0 spiro atoms. The molecule has 6 heteroatoms. The van der Waals surface area contributed by atoms with Crippen molar-refractivity contribution in [3.8, 4) is 17.0 Å². The summed E-state index contributed by atoms with van der Waals surface area (Å²) in [6, 6.07) is 9.00. The van der Waals surface area contributed by atoms with Gasteiger partial charge in [0, 0.05) is 17.5 Å². The third-order valence-corrected chi connectivity index (χ3v) is 3.40. The molecule has 0 aliphatic rings. The fourth-order valence-corrected chi connectivity index (χ4v) is 2.19. The number of aryl methyl sites for hydroxylation is 1. The molecule has 5 nitrogen and oxygen atoms in total. The Bertz CT molecular complexity index is 694. The van der Waals surface area contributed by atoms with Crippen LogP contribution in [0.25, 0.3) is 11.3 Å². The summed E-state index contributed by atoms with van der Waals surface area (Å²) in [7, 11) is -1.83. The van der Waals surface area contributed by atoms with Crippen LogP contribution in [0.4, 0.5) is 0 Å². The molecule has 0 N–H and O–H groups in total. The summed E-state index contributed by atoms with van der Waals surface area (Å²) in [6.07, 6.45) is 1.10. The van der Waals surface area contributed by atoms with Crippen LogP contribution in [0.15, 0.2) is 35.5 Å². The standard InChI is InChI=1S/C13H14N2O3S/c1-9-8-12(15-13(14-9)19(3,16)17)10-4-6-11(18-2)7-5-10/h4-8H,1-3H3. The van der Waals surface area contributed by atoms with Crippen molar-refractivity contribution in [3.05, 3.63) is 36.0 Å². The van der Waals surface area contributed by atoms with E-state index in [1.165, 1.54) is 0 Å².